The average Bonchev–Trinajstić information content (AvgIpc) is 3.28. The summed E-state index contributed by atoms with van der Waals surface area (Å²) in [5, 5.41) is 0. The number of rotatable bonds is 45. The molecule has 0 rings (SSSR count). The second kappa shape index (κ2) is 51.0. The Balaban J connectivity index is 4.51. The third-order valence-electron chi connectivity index (χ3n) is 10.8. The van der Waals surface area contributed by atoms with Crippen molar-refractivity contribution in [3.05, 3.63) is 97.2 Å². The predicted molar refractivity (Wildman–Crippen MR) is 270 cm³/mol. The van der Waals surface area contributed by atoms with Crippen molar-refractivity contribution in [3.63, 3.8) is 0 Å². The average molecular weight is 875 g/mol. The molecule has 0 aromatic heterocycles. The summed E-state index contributed by atoms with van der Waals surface area (Å²) in [4.78, 5) is 37.9. The van der Waals surface area contributed by atoms with Gasteiger partial charge in [0.15, 0.2) is 6.10 Å². The highest BCUT2D eigenvalue weighted by Gasteiger charge is 2.19. The molecule has 0 heterocycles. The number of hydrogen-bond donors (Lipinski definition) is 0. The molecule has 0 aliphatic rings. The molecule has 0 saturated heterocycles. The summed E-state index contributed by atoms with van der Waals surface area (Å²) in [7, 11) is 0. The summed E-state index contributed by atoms with van der Waals surface area (Å²) < 4.78 is 16.7. The normalized spacial score (nSPS) is 12.9. The maximum absolute atomic E-state index is 12.8. The zero-order valence-electron chi connectivity index (χ0n) is 40.8. The van der Waals surface area contributed by atoms with Gasteiger partial charge in [-0.25, -0.2) is 0 Å². The van der Waals surface area contributed by atoms with Gasteiger partial charge < -0.3 is 14.2 Å². The molecule has 63 heavy (non-hydrogen) atoms. The van der Waals surface area contributed by atoms with Crippen molar-refractivity contribution in [2.45, 2.75) is 232 Å². The molecular formula is C57H94O6. The van der Waals surface area contributed by atoms with Crippen molar-refractivity contribution in [2.75, 3.05) is 13.2 Å². The molecule has 0 N–H and O–H groups in total. The SMILES string of the molecule is CC/C=C/C=C/C=C/C=C/C=C/CCCC(=O)OCC(COC(=O)CCCCCCC/C=C/C=C/C=C/CCCCCCC)OC(=O)CCCCCCCCCCCCCCCC. The Morgan fingerprint density at radius 1 is 0.333 bits per heavy atom. The van der Waals surface area contributed by atoms with Crippen LogP contribution in [0.15, 0.2) is 97.2 Å². The van der Waals surface area contributed by atoms with E-state index >= 15 is 0 Å². The van der Waals surface area contributed by atoms with Gasteiger partial charge in [-0.3, -0.25) is 14.4 Å². The first-order chi connectivity index (χ1) is 31.0. The topological polar surface area (TPSA) is 78.9 Å². The quantitative estimate of drug-likeness (QED) is 0.0262. The lowest BCUT2D eigenvalue weighted by Gasteiger charge is -2.18. The van der Waals surface area contributed by atoms with Gasteiger partial charge in [0.25, 0.3) is 0 Å². The van der Waals surface area contributed by atoms with E-state index in [4.69, 9.17) is 14.2 Å². The fraction of sp³-hybridized carbons (Fsp3) is 0.667. The summed E-state index contributed by atoms with van der Waals surface area (Å²) in [6, 6.07) is 0. The van der Waals surface area contributed by atoms with Gasteiger partial charge in [-0.15, -0.1) is 0 Å². The van der Waals surface area contributed by atoms with Gasteiger partial charge in [-0.1, -0.05) is 246 Å². The molecule has 0 aromatic rings. The zero-order chi connectivity index (χ0) is 45.8. The third kappa shape index (κ3) is 49.2. The number of hydrogen-bond acceptors (Lipinski definition) is 6. The molecule has 1 unspecified atom stereocenters. The van der Waals surface area contributed by atoms with Crippen LogP contribution in [0.3, 0.4) is 0 Å². The molecule has 0 bridgehead atoms. The fourth-order valence-corrected chi connectivity index (χ4v) is 6.89. The van der Waals surface area contributed by atoms with E-state index in [1.54, 1.807) is 0 Å². The number of carbonyl (C=O) groups excluding carboxylic acids is 3. The summed E-state index contributed by atoms with van der Waals surface area (Å²) in [6.45, 7) is 6.39. The zero-order valence-corrected chi connectivity index (χ0v) is 40.8. The first-order valence-electron chi connectivity index (χ1n) is 25.8. The highest BCUT2D eigenvalue weighted by molar-refractivity contribution is 5.71. The smallest absolute Gasteiger partial charge is 0.306 e. The van der Waals surface area contributed by atoms with E-state index in [2.05, 4.69) is 63.3 Å². The number of unbranched alkanes of at least 4 members (excludes halogenated alkanes) is 24. The van der Waals surface area contributed by atoms with E-state index in [1.807, 2.05) is 54.7 Å². The van der Waals surface area contributed by atoms with Gasteiger partial charge in [0.2, 0.25) is 0 Å². The van der Waals surface area contributed by atoms with Crippen molar-refractivity contribution >= 4 is 17.9 Å². The van der Waals surface area contributed by atoms with Crippen molar-refractivity contribution in [1.29, 1.82) is 0 Å². The number of esters is 3. The number of allylic oxidation sites excluding steroid dienone is 16. The van der Waals surface area contributed by atoms with Crippen LogP contribution >= 0.6 is 0 Å². The molecule has 1 atom stereocenters. The van der Waals surface area contributed by atoms with Crippen molar-refractivity contribution in [2.24, 2.45) is 0 Å². The van der Waals surface area contributed by atoms with Crippen LogP contribution in [-0.2, 0) is 28.6 Å². The van der Waals surface area contributed by atoms with Crippen molar-refractivity contribution in [3.8, 4) is 0 Å². The van der Waals surface area contributed by atoms with Gasteiger partial charge >= 0.3 is 17.9 Å². The Kier molecular flexibility index (Phi) is 48.0. The van der Waals surface area contributed by atoms with E-state index in [9.17, 15) is 14.4 Å². The second-order valence-electron chi connectivity index (χ2n) is 16.9. The Bertz CT molecular complexity index is 1280. The maximum Gasteiger partial charge on any atom is 0.306 e. The molecule has 0 saturated carbocycles. The van der Waals surface area contributed by atoms with Crippen LogP contribution in [0.1, 0.15) is 226 Å². The lowest BCUT2D eigenvalue weighted by molar-refractivity contribution is -0.167. The van der Waals surface area contributed by atoms with Gasteiger partial charge in [-0.05, 0) is 57.8 Å². The standard InChI is InChI=1S/C57H94O6/c1-4-7-10-13-16-19-22-25-27-28-29-30-33-35-38-41-44-47-50-56(59)62-53-54(52-61-55(58)49-46-43-40-37-34-31-24-21-18-15-12-9-6-3)63-57(60)51-48-45-42-39-36-32-26-23-20-17-14-11-8-5-2/h9,12,15,18,21-22,24-25,27-31,34,37,40,54H,4-8,10-11,13-14,16-17,19-20,23,26,32-33,35-36,38-39,41-53H2,1-3H3/b12-9+,18-15+,24-21+,25-22+,28-27+,30-29+,34-31+,40-37+. The second-order valence-corrected chi connectivity index (χ2v) is 16.9. The van der Waals surface area contributed by atoms with Gasteiger partial charge in [0.05, 0.1) is 0 Å². The van der Waals surface area contributed by atoms with Crippen molar-refractivity contribution in [1.82, 2.24) is 0 Å². The van der Waals surface area contributed by atoms with Crippen molar-refractivity contribution < 1.29 is 28.6 Å². The largest absolute Gasteiger partial charge is 0.462 e. The molecule has 0 radical (unpaired) electrons. The Labute approximate surface area is 387 Å². The molecule has 6 heteroatoms. The molecule has 0 amide bonds. The van der Waals surface area contributed by atoms with Crippen LogP contribution in [0.2, 0.25) is 0 Å². The monoisotopic (exact) mass is 875 g/mol. The van der Waals surface area contributed by atoms with Gasteiger partial charge in [0, 0.05) is 19.3 Å². The van der Waals surface area contributed by atoms with Gasteiger partial charge in [0.1, 0.15) is 13.2 Å². The molecule has 0 aliphatic heterocycles. The molecule has 0 aromatic carbocycles. The Morgan fingerprint density at radius 2 is 0.635 bits per heavy atom. The van der Waals surface area contributed by atoms with Crippen LogP contribution in [-0.4, -0.2) is 37.2 Å². The van der Waals surface area contributed by atoms with E-state index in [1.165, 1.54) is 103 Å². The van der Waals surface area contributed by atoms with Crippen LogP contribution in [0.5, 0.6) is 0 Å². The Morgan fingerprint density at radius 3 is 1.03 bits per heavy atom. The summed E-state index contributed by atoms with van der Waals surface area (Å²) >= 11 is 0. The minimum absolute atomic E-state index is 0.110. The summed E-state index contributed by atoms with van der Waals surface area (Å²) in [5.41, 5.74) is 0. The fourth-order valence-electron chi connectivity index (χ4n) is 6.89. The summed E-state index contributed by atoms with van der Waals surface area (Å²) in [6.07, 6.45) is 66.8. The number of ether oxygens (including phenoxy) is 3. The molecule has 6 nitrogen and oxygen atoms in total. The molecule has 358 valence electrons. The lowest BCUT2D eigenvalue weighted by atomic mass is 10.0. The summed E-state index contributed by atoms with van der Waals surface area (Å²) in [5.74, 6) is -1.01. The minimum Gasteiger partial charge on any atom is -0.462 e. The highest BCUT2D eigenvalue weighted by atomic mass is 16.6. The maximum atomic E-state index is 12.8. The van der Waals surface area contributed by atoms with E-state index < -0.39 is 6.10 Å². The van der Waals surface area contributed by atoms with Crippen LogP contribution in [0.25, 0.3) is 0 Å². The lowest BCUT2D eigenvalue weighted by Crippen LogP contribution is -2.30. The van der Waals surface area contributed by atoms with Crippen LogP contribution in [0, 0.1) is 0 Å². The van der Waals surface area contributed by atoms with E-state index in [0.717, 1.165) is 77.0 Å². The first-order valence-corrected chi connectivity index (χ1v) is 25.8. The van der Waals surface area contributed by atoms with E-state index in [0.29, 0.717) is 19.3 Å². The first kappa shape index (κ1) is 59.3. The highest BCUT2D eigenvalue weighted by Crippen LogP contribution is 2.15. The van der Waals surface area contributed by atoms with E-state index in [-0.39, 0.29) is 37.5 Å². The number of carbonyl (C=O) groups is 3. The third-order valence-corrected chi connectivity index (χ3v) is 10.8. The molecule has 0 aliphatic carbocycles. The minimum atomic E-state index is -0.813. The van der Waals surface area contributed by atoms with Crippen LogP contribution in [0.4, 0.5) is 0 Å². The van der Waals surface area contributed by atoms with Crippen LogP contribution < -0.4 is 0 Å². The predicted octanol–water partition coefficient (Wildman–Crippen LogP) is 17.0. The molecular weight excluding hydrogens is 781 g/mol. The Hall–Kier alpha value is -3.67. The molecule has 0 spiro atoms. The molecule has 0 fully saturated rings. The van der Waals surface area contributed by atoms with Gasteiger partial charge in [-0.2, -0.15) is 0 Å².